The summed E-state index contributed by atoms with van der Waals surface area (Å²) >= 11 is 1.85. The molecule has 1 aliphatic carbocycles. The SMILES string of the molecule is CN[C@@H](C)C(=O)N[C@H](C(=O)N1CCC[C@H]1C1CN(C)C(c2ccc(OC)c3ccccc23)=CS1)C1CCCCC1. The van der Waals surface area contributed by atoms with E-state index >= 15 is 0 Å². The number of fused-ring (bicyclic) bond motifs is 1. The van der Waals surface area contributed by atoms with Crippen LogP contribution in [0.25, 0.3) is 16.5 Å². The Morgan fingerprint density at radius 2 is 1.77 bits per heavy atom. The lowest BCUT2D eigenvalue weighted by Crippen LogP contribution is -2.58. The van der Waals surface area contributed by atoms with E-state index in [1.54, 1.807) is 14.2 Å². The van der Waals surface area contributed by atoms with Gasteiger partial charge in [-0.3, -0.25) is 9.59 Å². The van der Waals surface area contributed by atoms with E-state index in [0.717, 1.165) is 62.8 Å². The van der Waals surface area contributed by atoms with Gasteiger partial charge in [0.1, 0.15) is 11.8 Å². The molecule has 1 saturated heterocycles. The lowest BCUT2D eigenvalue weighted by Gasteiger charge is -2.40. The second-order valence-electron chi connectivity index (χ2n) is 11.6. The van der Waals surface area contributed by atoms with Crippen LogP contribution in [-0.2, 0) is 9.59 Å². The van der Waals surface area contributed by atoms with Gasteiger partial charge in [0.25, 0.3) is 0 Å². The molecule has 2 heterocycles. The largest absolute Gasteiger partial charge is 0.496 e. The molecule has 0 radical (unpaired) electrons. The molecule has 2 aromatic carbocycles. The van der Waals surface area contributed by atoms with Crippen LogP contribution in [-0.4, -0.2) is 79.3 Å². The highest BCUT2D eigenvalue weighted by molar-refractivity contribution is 8.03. The molecule has 3 aliphatic rings. The van der Waals surface area contributed by atoms with E-state index in [1.807, 2.05) is 24.8 Å². The molecule has 2 N–H and O–H groups in total. The smallest absolute Gasteiger partial charge is 0.245 e. The van der Waals surface area contributed by atoms with Crippen molar-refractivity contribution in [2.24, 2.45) is 5.92 Å². The maximum absolute atomic E-state index is 14.2. The van der Waals surface area contributed by atoms with Gasteiger partial charge in [0, 0.05) is 42.4 Å². The van der Waals surface area contributed by atoms with Crippen LogP contribution >= 0.6 is 11.8 Å². The third-order valence-corrected chi connectivity index (χ3v) is 10.3. The van der Waals surface area contributed by atoms with Crippen molar-refractivity contribution in [1.82, 2.24) is 20.4 Å². The molecular weight excluding hydrogens is 520 g/mol. The lowest BCUT2D eigenvalue weighted by atomic mass is 9.83. The summed E-state index contributed by atoms with van der Waals surface area (Å²) in [5, 5.41) is 11.0. The van der Waals surface area contributed by atoms with Crippen molar-refractivity contribution in [2.45, 2.75) is 75.2 Å². The van der Waals surface area contributed by atoms with Crippen LogP contribution in [0.15, 0.2) is 41.8 Å². The van der Waals surface area contributed by atoms with E-state index in [2.05, 4.69) is 63.2 Å². The van der Waals surface area contributed by atoms with Gasteiger partial charge in [-0.15, -0.1) is 11.8 Å². The number of amides is 2. The molecule has 8 heteroatoms. The number of rotatable bonds is 8. The Balaban J connectivity index is 1.36. The summed E-state index contributed by atoms with van der Waals surface area (Å²) in [5.74, 6) is 1.12. The molecule has 2 fully saturated rings. The van der Waals surface area contributed by atoms with E-state index in [0.29, 0.717) is 0 Å². The molecule has 216 valence electrons. The van der Waals surface area contributed by atoms with Crippen LogP contribution in [0.5, 0.6) is 5.75 Å². The Morgan fingerprint density at radius 3 is 2.48 bits per heavy atom. The quantitative estimate of drug-likeness (QED) is 0.477. The van der Waals surface area contributed by atoms with Crippen LogP contribution in [0.3, 0.4) is 0 Å². The number of carbonyl (C=O) groups excluding carboxylic acids is 2. The van der Waals surface area contributed by atoms with Crippen molar-refractivity contribution in [3.63, 3.8) is 0 Å². The number of nitrogens with one attached hydrogen (secondary N) is 2. The minimum absolute atomic E-state index is 0.0896. The third-order valence-electron chi connectivity index (χ3n) is 9.12. The van der Waals surface area contributed by atoms with Crippen LogP contribution in [0.1, 0.15) is 57.4 Å². The summed E-state index contributed by atoms with van der Waals surface area (Å²) in [7, 11) is 5.66. The third kappa shape index (κ3) is 5.84. The van der Waals surface area contributed by atoms with Gasteiger partial charge in [0.05, 0.1) is 18.8 Å². The molecule has 4 atom stereocenters. The van der Waals surface area contributed by atoms with Gasteiger partial charge in [-0.2, -0.15) is 0 Å². The molecule has 40 heavy (non-hydrogen) atoms. The lowest BCUT2D eigenvalue weighted by molar-refractivity contribution is -0.139. The number of methoxy groups -OCH3 is 1. The van der Waals surface area contributed by atoms with Gasteiger partial charge in [-0.05, 0) is 68.5 Å². The zero-order valence-electron chi connectivity index (χ0n) is 24.3. The number of hydrogen-bond acceptors (Lipinski definition) is 6. The first-order valence-corrected chi connectivity index (χ1v) is 15.8. The average molecular weight is 565 g/mol. The molecule has 0 aromatic heterocycles. The van der Waals surface area contributed by atoms with Crippen molar-refractivity contribution in [1.29, 1.82) is 0 Å². The summed E-state index contributed by atoms with van der Waals surface area (Å²) < 4.78 is 5.62. The topological polar surface area (TPSA) is 73.9 Å². The molecule has 5 rings (SSSR count). The van der Waals surface area contributed by atoms with Crippen LogP contribution in [0, 0.1) is 5.92 Å². The number of thioether (sulfide) groups is 1. The van der Waals surface area contributed by atoms with Crippen LogP contribution in [0.2, 0.25) is 0 Å². The molecular formula is C32H44N4O3S. The zero-order valence-corrected chi connectivity index (χ0v) is 25.1. The van der Waals surface area contributed by atoms with E-state index in [9.17, 15) is 9.59 Å². The Morgan fingerprint density at radius 1 is 1.02 bits per heavy atom. The first-order chi connectivity index (χ1) is 19.4. The summed E-state index contributed by atoms with van der Waals surface area (Å²) in [4.78, 5) is 31.5. The van der Waals surface area contributed by atoms with Crippen molar-refractivity contribution in [3.05, 3.63) is 47.4 Å². The highest BCUT2D eigenvalue weighted by Crippen LogP contribution is 2.40. The summed E-state index contributed by atoms with van der Waals surface area (Å²) in [6.07, 6.45) is 7.50. The second-order valence-corrected chi connectivity index (χ2v) is 12.7. The monoisotopic (exact) mass is 564 g/mol. The Bertz CT molecular complexity index is 1240. The van der Waals surface area contributed by atoms with Crippen LogP contribution in [0.4, 0.5) is 0 Å². The first kappa shape index (κ1) is 28.8. The van der Waals surface area contributed by atoms with E-state index in [1.165, 1.54) is 23.1 Å². The van der Waals surface area contributed by atoms with Crippen molar-refractivity contribution < 1.29 is 14.3 Å². The van der Waals surface area contributed by atoms with Crippen molar-refractivity contribution in [2.75, 3.05) is 34.3 Å². The normalized spacial score (nSPS) is 23.6. The maximum atomic E-state index is 14.2. The first-order valence-electron chi connectivity index (χ1n) is 14.8. The fourth-order valence-electron chi connectivity index (χ4n) is 6.70. The van der Waals surface area contributed by atoms with Gasteiger partial charge < -0.3 is 25.2 Å². The van der Waals surface area contributed by atoms with Crippen molar-refractivity contribution >= 4 is 40.0 Å². The average Bonchev–Trinajstić information content (AvgIpc) is 3.49. The van der Waals surface area contributed by atoms with Gasteiger partial charge in [0.2, 0.25) is 11.8 Å². The molecule has 1 unspecified atom stereocenters. The number of likely N-dealkylation sites (tertiary alicyclic amines) is 1. The van der Waals surface area contributed by atoms with E-state index in [-0.39, 0.29) is 35.1 Å². The fourth-order valence-corrected chi connectivity index (χ4v) is 8.08. The predicted octanol–water partition coefficient (Wildman–Crippen LogP) is 4.86. The number of hydrogen-bond donors (Lipinski definition) is 2. The highest BCUT2D eigenvalue weighted by atomic mass is 32.2. The van der Waals surface area contributed by atoms with Gasteiger partial charge in [-0.25, -0.2) is 0 Å². The Labute approximate surface area is 243 Å². The fraction of sp³-hybridized carbons (Fsp3) is 0.562. The summed E-state index contributed by atoms with van der Waals surface area (Å²) in [5.41, 5.74) is 2.40. The number of ether oxygens (including phenoxy) is 1. The van der Waals surface area contributed by atoms with E-state index < -0.39 is 6.04 Å². The number of carbonyl (C=O) groups is 2. The second kappa shape index (κ2) is 12.9. The Hall–Kier alpha value is -2.71. The maximum Gasteiger partial charge on any atom is 0.245 e. The zero-order chi connectivity index (χ0) is 28.2. The predicted molar refractivity (Wildman–Crippen MR) is 164 cm³/mol. The molecule has 2 amide bonds. The highest BCUT2D eigenvalue weighted by Gasteiger charge is 2.42. The minimum atomic E-state index is -0.438. The molecule has 2 aliphatic heterocycles. The molecule has 2 aromatic rings. The van der Waals surface area contributed by atoms with Crippen LogP contribution < -0.4 is 15.4 Å². The molecule has 7 nitrogen and oxygen atoms in total. The molecule has 0 bridgehead atoms. The Kier molecular flexibility index (Phi) is 9.26. The number of likely N-dealkylation sites (N-methyl/N-ethyl adjacent to an activating group) is 1. The van der Waals surface area contributed by atoms with Crippen molar-refractivity contribution in [3.8, 4) is 5.75 Å². The standard InChI is InChI=1S/C32H44N4O3S/c1-21(33-2)31(37)34-30(22-11-6-5-7-12-22)32(38)36-18-10-15-26(36)29-19-35(3)27(20-40-29)24-16-17-28(39-4)25-14-9-8-13-23(24)25/h8-9,13-14,16-17,20-22,26,29-30,33H,5-7,10-12,15,18-19H2,1-4H3,(H,34,37)/t21-,26-,29?,30-/m0/s1. The van der Waals surface area contributed by atoms with E-state index in [4.69, 9.17) is 4.74 Å². The van der Waals surface area contributed by atoms with Gasteiger partial charge >= 0.3 is 0 Å². The molecule has 0 spiro atoms. The number of nitrogens with zero attached hydrogens (tertiary/aromatic N) is 2. The minimum Gasteiger partial charge on any atom is -0.496 e. The molecule has 1 saturated carbocycles. The van der Waals surface area contributed by atoms with Gasteiger partial charge in [-0.1, -0.05) is 43.5 Å². The van der Waals surface area contributed by atoms with Gasteiger partial charge in [0.15, 0.2) is 0 Å². The summed E-state index contributed by atoms with van der Waals surface area (Å²) in [6.45, 7) is 3.48. The number of benzene rings is 2. The summed E-state index contributed by atoms with van der Waals surface area (Å²) in [6, 6.07) is 12.0.